The quantitative estimate of drug-likeness (QED) is 0.849. The number of rotatable bonds is 2. The highest BCUT2D eigenvalue weighted by Gasteiger charge is 2.22. The van der Waals surface area contributed by atoms with Crippen LogP contribution in [0.4, 0.5) is 0 Å². The summed E-state index contributed by atoms with van der Waals surface area (Å²) in [6.45, 7) is 3.89. The number of aliphatic hydroxyl groups excluding tert-OH is 1. The molecule has 1 N–H and O–H groups in total. The Morgan fingerprint density at radius 3 is 3.21 bits per heavy atom. The lowest BCUT2D eigenvalue weighted by molar-refractivity contribution is 0.0763. The smallest absolute Gasteiger partial charge is 0.254 e. The van der Waals surface area contributed by atoms with Crippen molar-refractivity contribution in [3.63, 3.8) is 0 Å². The summed E-state index contributed by atoms with van der Waals surface area (Å²) >= 11 is 3.40. The second-order valence-electron chi connectivity index (χ2n) is 4.41. The van der Waals surface area contributed by atoms with Crippen LogP contribution < -0.4 is 0 Å². The van der Waals surface area contributed by atoms with Crippen LogP contribution in [0.25, 0.3) is 0 Å². The van der Waals surface area contributed by atoms with E-state index in [2.05, 4.69) is 18.8 Å². The minimum absolute atomic E-state index is 0.0769. The van der Waals surface area contributed by atoms with Crippen LogP contribution >= 0.6 is 23.1 Å². The third kappa shape index (κ3) is 4.00. The summed E-state index contributed by atoms with van der Waals surface area (Å²) in [5.41, 5.74) is 0.734. The van der Waals surface area contributed by atoms with Gasteiger partial charge in [0.1, 0.15) is 0 Å². The van der Waals surface area contributed by atoms with E-state index < -0.39 is 0 Å². The molecule has 5 heteroatoms. The normalized spacial score (nSPS) is 18.8. The number of amides is 1. The van der Waals surface area contributed by atoms with Gasteiger partial charge >= 0.3 is 0 Å². The minimum Gasteiger partial charge on any atom is -0.395 e. The fraction of sp³-hybridized carbons (Fsp3) is 0.500. The van der Waals surface area contributed by atoms with Crippen molar-refractivity contribution in [1.82, 2.24) is 4.90 Å². The van der Waals surface area contributed by atoms with Gasteiger partial charge in [0.05, 0.1) is 17.0 Å². The van der Waals surface area contributed by atoms with E-state index in [-0.39, 0.29) is 12.5 Å². The summed E-state index contributed by atoms with van der Waals surface area (Å²) in [7, 11) is 0. The molecular weight excluding hydrogens is 278 g/mol. The maximum atomic E-state index is 12.3. The molecule has 102 valence electrons. The van der Waals surface area contributed by atoms with E-state index in [0.717, 1.165) is 29.3 Å². The zero-order chi connectivity index (χ0) is 13.7. The molecule has 0 radical (unpaired) electrons. The molecule has 3 nitrogen and oxygen atoms in total. The molecule has 0 aliphatic carbocycles. The number of carbonyl (C=O) groups excluding carboxylic acids is 1. The molecule has 19 heavy (non-hydrogen) atoms. The molecule has 0 bridgehead atoms. The van der Waals surface area contributed by atoms with Crippen LogP contribution in [-0.2, 0) is 0 Å². The van der Waals surface area contributed by atoms with E-state index in [0.29, 0.717) is 11.7 Å². The first-order valence-corrected chi connectivity index (χ1v) is 8.22. The van der Waals surface area contributed by atoms with Crippen molar-refractivity contribution in [3.05, 3.63) is 21.9 Å². The Morgan fingerprint density at radius 2 is 2.47 bits per heavy atom. The molecule has 1 unspecified atom stereocenters. The van der Waals surface area contributed by atoms with Crippen LogP contribution in [0.5, 0.6) is 0 Å². The molecule has 1 aliphatic heterocycles. The van der Waals surface area contributed by atoms with Crippen LogP contribution in [0.15, 0.2) is 11.4 Å². The zero-order valence-corrected chi connectivity index (χ0v) is 12.5. The Balaban J connectivity index is 2.02. The second-order valence-corrected chi connectivity index (χ2v) is 6.87. The predicted octanol–water partition coefficient (Wildman–Crippen LogP) is 2.06. The standard InChI is InChI=1S/C14H17NO2S2/c1-11-9-15(5-7-18-11)14(17)12-8-13(19-10-12)4-2-3-6-16/h8,10-11,16H,3,5-7,9H2,1H3. The van der Waals surface area contributed by atoms with Gasteiger partial charge in [-0.15, -0.1) is 11.3 Å². The Morgan fingerprint density at radius 1 is 1.63 bits per heavy atom. The van der Waals surface area contributed by atoms with E-state index >= 15 is 0 Å². The molecule has 1 aliphatic rings. The number of aliphatic hydroxyl groups is 1. The van der Waals surface area contributed by atoms with Crippen molar-refractivity contribution in [1.29, 1.82) is 0 Å². The van der Waals surface area contributed by atoms with Crippen molar-refractivity contribution >= 4 is 29.0 Å². The van der Waals surface area contributed by atoms with Gasteiger partial charge in [0.2, 0.25) is 0 Å². The number of nitrogens with zero attached hydrogens (tertiary/aromatic N) is 1. The third-order valence-corrected chi connectivity index (χ3v) is 4.81. The van der Waals surface area contributed by atoms with Crippen LogP contribution in [0, 0.1) is 11.8 Å². The third-order valence-electron chi connectivity index (χ3n) is 2.82. The molecular formula is C14H17NO2S2. The highest BCUT2D eigenvalue weighted by atomic mass is 32.2. The summed E-state index contributed by atoms with van der Waals surface area (Å²) in [5.74, 6) is 6.96. The topological polar surface area (TPSA) is 40.5 Å². The van der Waals surface area contributed by atoms with Gasteiger partial charge in [-0.1, -0.05) is 18.8 Å². The molecule has 1 amide bonds. The summed E-state index contributed by atoms with van der Waals surface area (Å²) in [6.07, 6.45) is 0.474. The SMILES string of the molecule is CC1CN(C(=O)c2csc(C#CCCO)c2)CCS1. The van der Waals surface area contributed by atoms with E-state index in [1.807, 2.05) is 28.1 Å². The Kier molecular flexibility index (Phi) is 5.32. The van der Waals surface area contributed by atoms with Crippen LogP contribution in [-0.4, -0.2) is 46.6 Å². The summed E-state index contributed by atoms with van der Waals surface area (Å²) in [5, 5.41) is 11.1. The fourth-order valence-corrected chi connectivity index (χ4v) is 3.67. The molecule has 1 aromatic heterocycles. The number of thiophene rings is 1. The highest BCUT2D eigenvalue weighted by molar-refractivity contribution is 7.99. The Bertz CT molecular complexity index is 501. The largest absolute Gasteiger partial charge is 0.395 e. The van der Waals surface area contributed by atoms with Crippen LogP contribution in [0.1, 0.15) is 28.6 Å². The highest BCUT2D eigenvalue weighted by Crippen LogP contribution is 2.21. The van der Waals surface area contributed by atoms with Crippen molar-refractivity contribution in [3.8, 4) is 11.8 Å². The maximum Gasteiger partial charge on any atom is 0.254 e. The second kappa shape index (κ2) is 6.99. The van der Waals surface area contributed by atoms with Gasteiger partial charge < -0.3 is 10.0 Å². The Hall–Kier alpha value is -0.960. The Labute approximate surface area is 122 Å². The summed E-state index contributed by atoms with van der Waals surface area (Å²) in [4.78, 5) is 15.1. The van der Waals surface area contributed by atoms with Gasteiger partial charge in [0, 0.05) is 35.9 Å². The molecule has 0 spiro atoms. The van der Waals surface area contributed by atoms with Gasteiger partial charge in [-0.05, 0) is 6.07 Å². The first-order chi connectivity index (χ1) is 9.20. The lowest BCUT2D eigenvalue weighted by Crippen LogP contribution is -2.40. The summed E-state index contributed by atoms with van der Waals surface area (Å²) < 4.78 is 0. The van der Waals surface area contributed by atoms with E-state index in [4.69, 9.17) is 5.11 Å². The average Bonchev–Trinajstić information content (AvgIpc) is 2.87. The number of thioether (sulfide) groups is 1. The number of carbonyl (C=O) groups is 1. The minimum atomic E-state index is 0.0769. The van der Waals surface area contributed by atoms with E-state index in [1.54, 1.807) is 0 Å². The first kappa shape index (κ1) is 14.4. The lowest BCUT2D eigenvalue weighted by atomic mass is 10.2. The lowest BCUT2D eigenvalue weighted by Gasteiger charge is -2.30. The molecule has 2 heterocycles. The van der Waals surface area contributed by atoms with Gasteiger partial charge in [0.25, 0.3) is 5.91 Å². The van der Waals surface area contributed by atoms with Crippen molar-refractivity contribution < 1.29 is 9.90 Å². The maximum absolute atomic E-state index is 12.3. The van der Waals surface area contributed by atoms with Crippen LogP contribution in [0.3, 0.4) is 0 Å². The van der Waals surface area contributed by atoms with E-state index in [9.17, 15) is 4.79 Å². The van der Waals surface area contributed by atoms with Gasteiger partial charge in [-0.2, -0.15) is 11.8 Å². The summed E-state index contributed by atoms with van der Waals surface area (Å²) in [6, 6.07) is 1.85. The monoisotopic (exact) mass is 295 g/mol. The fourth-order valence-electron chi connectivity index (χ4n) is 1.90. The number of hydrogen-bond donors (Lipinski definition) is 1. The molecule has 0 aromatic carbocycles. The van der Waals surface area contributed by atoms with Crippen molar-refractivity contribution in [2.75, 3.05) is 25.4 Å². The molecule has 1 saturated heterocycles. The predicted molar refractivity (Wildman–Crippen MR) is 80.7 cm³/mol. The van der Waals surface area contributed by atoms with Gasteiger partial charge in [0.15, 0.2) is 0 Å². The molecule has 2 rings (SSSR count). The molecule has 1 aromatic rings. The molecule has 0 saturated carbocycles. The van der Waals surface area contributed by atoms with Crippen molar-refractivity contribution in [2.24, 2.45) is 0 Å². The molecule has 1 fully saturated rings. The van der Waals surface area contributed by atoms with E-state index in [1.165, 1.54) is 11.3 Å². The average molecular weight is 295 g/mol. The first-order valence-electron chi connectivity index (χ1n) is 6.30. The van der Waals surface area contributed by atoms with Crippen molar-refractivity contribution in [2.45, 2.75) is 18.6 Å². The zero-order valence-electron chi connectivity index (χ0n) is 10.9. The molecule has 1 atom stereocenters. The van der Waals surface area contributed by atoms with Gasteiger partial charge in [-0.25, -0.2) is 0 Å². The van der Waals surface area contributed by atoms with Gasteiger partial charge in [-0.3, -0.25) is 4.79 Å². The van der Waals surface area contributed by atoms with Crippen LogP contribution in [0.2, 0.25) is 0 Å². The number of hydrogen-bond acceptors (Lipinski definition) is 4.